The first-order valence-electron chi connectivity index (χ1n) is 7.26. The number of para-hydroxylation sites is 1. The van der Waals surface area contributed by atoms with Crippen molar-refractivity contribution in [2.45, 2.75) is 17.7 Å². The third kappa shape index (κ3) is 3.93. The van der Waals surface area contributed by atoms with E-state index in [-0.39, 0.29) is 29.4 Å². The molecule has 0 saturated carbocycles. The van der Waals surface area contributed by atoms with E-state index in [1.54, 1.807) is 24.3 Å². The molecule has 25 heavy (non-hydrogen) atoms. The second-order valence-electron chi connectivity index (χ2n) is 5.24. The minimum absolute atomic E-state index is 0.102. The van der Waals surface area contributed by atoms with Crippen molar-refractivity contribution < 1.29 is 26.3 Å². The van der Waals surface area contributed by atoms with E-state index in [1.165, 1.54) is 24.3 Å². The summed E-state index contributed by atoms with van der Waals surface area (Å²) in [6, 6.07) is 12.1. The van der Waals surface area contributed by atoms with Gasteiger partial charge in [-0.1, -0.05) is 30.3 Å². The van der Waals surface area contributed by atoms with E-state index >= 15 is 0 Å². The number of benzene rings is 2. The van der Waals surface area contributed by atoms with Crippen molar-refractivity contribution in [2.75, 3.05) is 6.54 Å². The Hall–Kier alpha value is -2.55. The molecule has 0 spiro atoms. The van der Waals surface area contributed by atoms with E-state index in [1.807, 2.05) is 0 Å². The summed E-state index contributed by atoms with van der Waals surface area (Å²) in [5, 5.41) is 0. The van der Waals surface area contributed by atoms with Crippen LogP contribution >= 0.6 is 0 Å². The van der Waals surface area contributed by atoms with Crippen LogP contribution in [-0.4, -0.2) is 27.2 Å². The number of hydrogen-bond acceptors (Lipinski definition) is 4. The van der Waals surface area contributed by atoms with E-state index in [4.69, 9.17) is 0 Å². The number of nitrogens with zero attached hydrogens (tertiary/aromatic N) is 1. The molecule has 3 rings (SSSR count). The molecule has 0 radical (unpaired) electrons. The fourth-order valence-corrected chi connectivity index (χ4v) is 3.73. The largest absolute Gasteiger partial charge is 0.573 e. The summed E-state index contributed by atoms with van der Waals surface area (Å²) in [5.74, 6) is -0.104. The Morgan fingerprint density at radius 2 is 1.72 bits per heavy atom. The summed E-state index contributed by atoms with van der Waals surface area (Å²) in [4.78, 5) is 4.32. The molecule has 1 heterocycles. The molecule has 2 aromatic carbocycles. The molecule has 1 N–H and O–H groups in total. The quantitative estimate of drug-likeness (QED) is 0.900. The van der Waals surface area contributed by atoms with Gasteiger partial charge in [0.25, 0.3) is 10.0 Å². The molecule has 1 aliphatic heterocycles. The van der Waals surface area contributed by atoms with Crippen LogP contribution in [0, 0.1) is 0 Å². The smallest absolute Gasteiger partial charge is 0.406 e. The lowest BCUT2D eigenvalue weighted by Crippen LogP contribution is -2.22. The van der Waals surface area contributed by atoms with E-state index in [0.29, 0.717) is 11.1 Å². The van der Waals surface area contributed by atoms with Crippen molar-refractivity contribution in [1.82, 2.24) is 4.72 Å². The fourth-order valence-electron chi connectivity index (χ4n) is 2.47. The molecule has 0 saturated heterocycles. The van der Waals surface area contributed by atoms with Crippen LogP contribution in [0.1, 0.15) is 11.1 Å². The molecule has 0 fully saturated rings. The topological polar surface area (TPSA) is 67.8 Å². The van der Waals surface area contributed by atoms with E-state index in [0.717, 1.165) is 0 Å². The zero-order valence-electron chi connectivity index (χ0n) is 12.7. The maximum absolute atomic E-state index is 12.4. The van der Waals surface area contributed by atoms with Gasteiger partial charge in [-0.25, -0.2) is 8.42 Å². The van der Waals surface area contributed by atoms with Gasteiger partial charge in [0.15, 0.2) is 0 Å². The monoisotopic (exact) mass is 370 g/mol. The number of fused-ring (bicyclic) bond motifs is 1. The second kappa shape index (κ2) is 6.40. The normalized spacial score (nSPS) is 17.2. The highest BCUT2D eigenvalue weighted by atomic mass is 32.2. The Labute approximate surface area is 142 Å². The molecule has 0 aromatic heterocycles. The number of nitrogens with one attached hydrogen (secondary N) is 1. The highest BCUT2D eigenvalue weighted by Crippen LogP contribution is 2.27. The molecule has 0 aliphatic carbocycles. The second-order valence-corrected chi connectivity index (χ2v) is 6.89. The van der Waals surface area contributed by atoms with E-state index in [9.17, 15) is 21.6 Å². The van der Waals surface area contributed by atoms with Crippen molar-refractivity contribution in [3.05, 3.63) is 59.7 Å². The van der Waals surface area contributed by atoms with Crippen LogP contribution in [0.15, 0.2) is 58.4 Å². The molecule has 5 nitrogen and oxygen atoms in total. The number of ether oxygens (including phenoxy) is 1. The van der Waals surface area contributed by atoms with E-state index in [2.05, 4.69) is 14.5 Å². The maximum Gasteiger partial charge on any atom is 0.573 e. The van der Waals surface area contributed by atoms with Crippen LogP contribution in [0.25, 0.3) is 0 Å². The Kier molecular flexibility index (Phi) is 4.42. The summed E-state index contributed by atoms with van der Waals surface area (Å²) in [6.07, 6.45) is -4.61. The number of rotatable bonds is 4. The number of alkyl halides is 3. The van der Waals surface area contributed by atoms with Gasteiger partial charge in [0, 0.05) is 12.1 Å². The van der Waals surface area contributed by atoms with Gasteiger partial charge in [-0.15, -0.1) is 13.2 Å². The maximum atomic E-state index is 12.4. The number of amidine groups is 1. The van der Waals surface area contributed by atoms with Crippen molar-refractivity contribution in [2.24, 2.45) is 4.99 Å². The molecule has 1 aliphatic rings. The summed E-state index contributed by atoms with van der Waals surface area (Å²) in [6.45, 7) is 0.102. The van der Waals surface area contributed by atoms with Gasteiger partial charge in [-0.2, -0.15) is 0 Å². The summed E-state index contributed by atoms with van der Waals surface area (Å²) in [7, 11) is -3.64. The Bertz CT molecular complexity index is 924. The van der Waals surface area contributed by atoms with Gasteiger partial charge in [0.05, 0.1) is 4.90 Å². The molecular weight excluding hydrogens is 357 g/mol. The van der Waals surface area contributed by atoms with Crippen LogP contribution in [0.3, 0.4) is 0 Å². The van der Waals surface area contributed by atoms with Crippen LogP contribution in [0.5, 0.6) is 5.75 Å². The minimum Gasteiger partial charge on any atom is -0.406 e. The third-order valence-corrected chi connectivity index (χ3v) is 4.91. The van der Waals surface area contributed by atoms with Crippen LogP contribution < -0.4 is 9.46 Å². The zero-order valence-corrected chi connectivity index (χ0v) is 13.6. The summed E-state index contributed by atoms with van der Waals surface area (Å²) < 4.78 is 67.5. The SMILES string of the molecule is O=S1(=O)NC(=NCCc2ccccc2OC(F)(F)F)c2ccccc21. The van der Waals surface area contributed by atoms with Crippen LogP contribution in [0.2, 0.25) is 0 Å². The van der Waals surface area contributed by atoms with Crippen molar-refractivity contribution in [3.8, 4) is 5.75 Å². The van der Waals surface area contributed by atoms with Crippen LogP contribution in [0.4, 0.5) is 13.2 Å². The predicted molar refractivity (Wildman–Crippen MR) is 85.0 cm³/mol. The van der Waals surface area contributed by atoms with Crippen molar-refractivity contribution in [1.29, 1.82) is 0 Å². The molecule has 9 heteroatoms. The molecule has 0 unspecified atom stereocenters. The lowest BCUT2D eigenvalue weighted by atomic mass is 10.1. The van der Waals surface area contributed by atoms with Crippen molar-refractivity contribution in [3.63, 3.8) is 0 Å². The highest BCUT2D eigenvalue weighted by molar-refractivity contribution is 7.90. The van der Waals surface area contributed by atoms with Gasteiger partial charge in [-0.05, 0) is 30.2 Å². The highest BCUT2D eigenvalue weighted by Gasteiger charge is 2.32. The average Bonchev–Trinajstić information content (AvgIpc) is 2.79. The molecule has 0 amide bonds. The third-order valence-electron chi connectivity index (χ3n) is 3.51. The lowest BCUT2D eigenvalue weighted by Gasteiger charge is -2.12. The first-order valence-corrected chi connectivity index (χ1v) is 8.75. The van der Waals surface area contributed by atoms with Gasteiger partial charge in [0.2, 0.25) is 0 Å². The fraction of sp³-hybridized carbons (Fsp3) is 0.188. The standard InChI is InChI=1S/C16H13F3N2O3S/c17-16(18,19)24-13-7-3-1-5-11(13)9-10-20-15-12-6-2-4-8-14(12)25(22,23)21-15/h1-8H,9-10H2,(H,20,21). The summed E-state index contributed by atoms with van der Waals surface area (Å²) >= 11 is 0. The number of aliphatic imine (C=N–C) groups is 1. The van der Waals surface area contributed by atoms with E-state index < -0.39 is 16.4 Å². The van der Waals surface area contributed by atoms with Gasteiger partial charge >= 0.3 is 6.36 Å². The Morgan fingerprint density at radius 3 is 2.48 bits per heavy atom. The van der Waals surface area contributed by atoms with Crippen molar-refractivity contribution >= 4 is 15.9 Å². The molecule has 132 valence electrons. The first-order chi connectivity index (χ1) is 11.8. The molecular formula is C16H13F3N2O3S. The molecule has 0 bridgehead atoms. The van der Waals surface area contributed by atoms with Gasteiger partial charge in [0.1, 0.15) is 11.6 Å². The summed E-state index contributed by atoms with van der Waals surface area (Å²) in [5.41, 5.74) is 0.778. The van der Waals surface area contributed by atoms with Crippen LogP contribution in [-0.2, 0) is 16.4 Å². The zero-order chi connectivity index (χ0) is 18.1. The molecule has 2 aromatic rings. The Morgan fingerprint density at radius 1 is 1.04 bits per heavy atom. The average molecular weight is 370 g/mol. The first kappa shape index (κ1) is 17.3. The Balaban J connectivity index is 1.77. The van der Waals surface area contributed by atoms with Gasteiger partial charge in [-0.3, -0.25) is 9.71 Å². The minimum atomic E-state index is -4.78. The number of sulfonamides is 1. The van der Waals surface area contributed by atoms with Gasteiger partial charge < -0.3 is 4.74 Å². The predicted octanol–water partition coefficient (Wildman–Crippen LogP) is 2.87. The lowest BCUT2D eigenvalue weighted by molar-refractivity contribution is -0.274. The molecule has 0 atom stereocenters. The number of hydrogen-bond donors (Lipinski definition) is 1. The number of halogens is 3.